The molecule has 1 saturated heterocycles. The minimum absolute atomic E-state index is 0.0197. The topological polar surface area (TPSA) is 267 Å². The molecule has 0 unspecified atom stereocenters. The minimum Gasteiger partial charge on any atom is -0.508 e. The lowest BCUT2D eigenvalue weighted by molar-refractivity contribution is -0.143. The van der Waals surface area contributed by atoms with E-state index in [1.54, 1.807) is 11.4 Å². The molecule has 1 fully saturated rings. The first-order chi connectivity index (χ1) is 31.5. The standard InChI is InChI=1S/C46H72N10O9S/c1-8-16-56(46(64)41(28(6)10-3)52-44(63)35-13-11-12-17-55(35)7)36(27(4)5)22-37(65-18-9-2)45-51-34(26-66-45)43(62)50-30-19-29-14-15-31(57)21-32(29)33(20-30)42(61)54-53-40(60)25-49-39(59)24-48-38(58)23-47/h14-15,21,26-28,30,33,35-37,41,57H,8-13,16-20,22-25,47H2,1-7H3,(H,48,58)(H,49,59)(H,50,62)(H,52,63)(H,53,60)(H,54,61)/t28-,30-,33+,35+,36+,37+,41-/m0/s1. The number of hydrogen-bond donors (Lipinski definition) is 8. The van der Waals surface area contributed by atoms with Gasteiger partial charge in [-0.05, 0) is 87.2 Å². The Balaban J connectivity index is 1.48. The van der Waals surface area contributed by atoms with Crippen molar-refractivity contribution in [1.29, 1.82) is 0 Å². The van der Waals surface area contributed by atoms with Crippen LogP contribution in [0.1, 0.15) is 132 Å². The van der Waals surface area contributed by atoms with Crippen molar-refractivity contribution in [2.24, 2.45) is 17.6 Å². The maximum atomic E-state index is 14.7. The van der Waals surface area contributed by atoms with Crippen LogP contribution in [0.25, 0.3) is 0 Å². The first-order valence-electron chi connectivity index (χ1n) is 23.3. The van der Waals surface area contributed by atoms with Crippen LogP contribution < -0.4 is 37.9 Å². The summed E-state index contributed by atoms with van der Waals surface area (Å²) in [7, 11) is 1.96. The summed E-state index contributed by atoms with van der Waals surface area (Å²) >= 11 is 1.30. The van der Waals surface area contributed by atoms with Crippen LogP contribution in [-0.4, -0.2) is 132 Å². The number of nitrogens with two attached hydrogens (primary N) is 1. The van der Waals surface area contributed by atoms with E-state index in [0.717, 1.165) is 37.8 Å². The lowest BCUT2D eigenvalue weighted by Gasteiger charge is -2.40. The number of likely N-dealkylation sites (N-methyl/N-ethyl adjacent to an activating group) is 1. The molecule has 0 radical (unpaired) electrons. The summed E-state index contributed by atoms with van der Waals surface area (Å²) in [6, 6.07) is 2.89. The van der Waals surface area contributed by atoms with Gasteiger partial charge in [0.2, 0.25) is 29.5 Å². The van der Waals surface area contributed by atoms with Crippen LogP contribution in [0.3, 0.4) is 0 Å². The molecule has 7 atom stereocenters. The smallest absolute Gasteiger partial charge is 0.270 e. The SMILES string of the molecule is CCCO[C@H](C[C@H](C(C)C)N(CCC)C(=O)[C@@H](NC(=O)[C@H]1CCCCN1C)[C@@H](C)CC)c1nc(C(=O)N[C@H]2Cc3ccc(O)cc3[C@H](C(=O)NNC(=O)CNC(=O)CNC(=O)CN)C2)cs1. The highest BCUT2D eigenvalue weighted by Gasteiger charge is 2.39. The minimum atomic E-state index is -0.881. The van der Waals surface area contributed by atoms with Gasteiger partial charge in [-0.15, -0.1) is 11.3 Å². The largest absolute Gasteiger partial charge is 0.508 e. The number of carbonyl (C=O) groups is 7. The number of thiazole rings is 1. The molecule has 7 amide bonds. The van der Waals surface area contributed by atoms with Crippen LogP contribution in [0.5, 0.6) is 5.75 Å². The van der Waals surface area contributed by atoms with Gasteiger partial charge in [-0.2, -0.15) is 0 Å². The summed E-state index contributed by atoms with van der Waals surface area (Å²) in [4.78, 5) is 100. The maximum Gasteiger partial charge on any atom is 0.270 e. The molecule has 0 spiro atoms. The van der Waals surface area contributed by atoms with Crippen LogP contribution in [0, 0.1) is 11.8 Å². The van der Waals surface area contributed by atoms with Gasteiger partial charge in [-0.1, -0.05) is 60.5 Å². The number of nitrogens with zero attached hydrogens (tertiary/aromatic N) is 3. The normalized spacial score (nSPS) is 19.0. The highest BCUT2D eigenvalue weighted by Crippen LogP contribution is 2.35. The predicted octanol–water partition coefficient (Wildman–Crippen LogP) is 2.15. The fourth-order valence-corrected chi connectivity index (χ4v) is 9.30. The zero-order chi connectivity index (χ0) is 48.5. The molecular weight excluding hydrogens is 869 g/mol. The Morgan fingerprint density at radius 1 is 0.970 bits per heavy atom. The number of nitrogens with one attached hydrogen (secondary N) is 6. The van der Waals surface area contributed by atoms with E-state index < -0.39 is 60.2 Å². The molecule has 4 rings (SSSR count). The van der Waals surface area contributed by atoms with Crippen LogP contribution in [-0.2, 0) is 39.9 Å². The van der Waals surface area contributed by atoms with Crippen molar-refractivity contribution in [2.75, 3.05) is 46.4 Å². The summed E-state index contributed by atoms with van der Waals surface area (Å²) in [5.41, 5.74) is 11.3. The molecule has 2 aromatic rings. The Morgan fingerprint density at radius 3 is 2.36 bits per heavy atom. The lowest BCUT2D eigenvalue weighted by Crippen LogP contribution is -2.58. The molecule has 1 aromatic heterocycles. The van der Waals surface area contributed by atoms with E-state index in [9.17, 15) is 38.7 Å². The van der Waals surface area contributed by atoms with Gasteiger partial charge in [-0.3, -0.25) is 49.3 Å². The molecule has 20 heteroatoms. The summed E-state index contributed by atoms with van der Waals surface area (Å²) in [5, 5.41) is 23.4. The summed E-state index contributed by atoms with van der Waals surface area (Å²) in [6.45, 7) is 12.8. The first kappa shape index (κ1) is 53.4. The number of phenols is 1. The molecule has 0 saturated carbocycles. The van der Waals surface area contributed by atoms with Gasteiger partial charge in [0.15, 0.2) is 0 Å². The van der Waals surface area contributed by atoms with Crippen molar-refractivity contribution in [3.63, 3.8) is 0 Å². The van der Waals surface area contributed by atoms with Crippen molar-refractivity contribution in [1.82, 2.24) is 46.9 Å². The van der Waals surface area contributed by atoms with Crippen LogP contribution in [0.4, 0.5) is 0 Å². The molecule has 366 valence electrons. The van der Waals surface area contributed by atoms with Crippen molar-refractivity contribution < 1.29 is 43.4 Å². The number of rotatable bonds is 23. The van der Waals surface area contributed by atoms with E-state index in [4.69, 9.17) is 15.5 Å². The van der Waals surface area contributed by atoms with Crippen molar-refractivity contribution in [3.8, 4) is 5.75 Å². The Bertz CT molecular complexity index is 1980. The maximum absolute atomic E-state index is 14.7. The predicted molar refractivity (Wildman–Crippen MR) is 250 cm³/mol. The fraction of sp³-hybridized carbons (Fsp3) is 0.652. The van der Waals surface area contributed by atoms with Gasteiger partial charge in [0, 0.05) is 37.0 Å². The number of fused-ring (bicyclic) bond motifs is 1. The van der Waals surface area contributed by atoms with Crippen LogP contribution in [0.15, 0.2) is 23.6 Å². The molecule has 0 bridgehead atoms. The third-order valence-electron chi connectivity index (χ3n) is 12.3. The zero-order valence-corrected chi connectivity index (χ0v) is 40.4. The fourth-order valence-electron chi connectivity index (χ4n) is 8.44. The molecular formula is C46H72N10O9S. The number of piperidine rings is 1. The van der Waals surface area contributed by atoms with Gasteiger partial charge >= 0.3 is 0 Å². The van der Waals surface area contributed by atoms with Gasteiger partial charge in [0.1, 0.15) is 28.6 Å². The number of hydrogen-bond acceptors (Lipinski definition) is 13. The van der Waals surface area contributed by atoms with Crippen molar-refractivity contribution in [2.45, 2.75) is 136 Å². The van der Waals surface area contributed by atoms with Crippen molar-refractivity contribution in [3.05, 3.63) is 45.4 Å². The molecule has 1 aromatic carbocycles. The molecule has 19 nitrogen and oxygen atoms in total. The van der Waals surface area contributed by atoms with Gasteiger partial charge in [0.25, 0.3) is 11.8 Å². The second kappa shape index (κ2) is 26.2. The Hall–Kier alpha value is -5.18. The third kappa shape index (κ3) is 15.2. The van der Waals surface area contributed by atoms with Gasteiger partial charge < -0.3 is 41.7 Å². The van der Waals surface area contributed by atoms with E-state index in [1.165, 1.54) is 23.5 Å². The molecule has 2 aliphatic rings. The Kier molecular flexibility index (Phi) is 21.2. The average molecular weight is 941 g/mol. The monoisotopic (exact) mass is 941 g/mol. The number of hydrazine groups is 1. The third-order valence-corrected chi connectivity index (χ3v) is 13.3. The number of carbonyl (C=O) groups excluding carboxylic acids is 7. The molecule has 66 heavy (non-hydrogen) atoms. The van der Waals surface area contributed by atoms with Gasteiger partial charge in [-0.25, -0.2) is 4.98 Å². The molecule has 2 heterocycles. The van der Waals surface area contributed by atoms with Crippen LogP contribution >= 0.6 is 11.3 Å². The zero-order valence-electron chi connectivity index (χ0n) is 39.6. The van der Waals surface area contributed by atoms with Gasteiger partial charge in [0.05, 0.1) is 31.6 Å². The van der Waals surface area contributed by atoms with E-state index >= 15 is 0 Å². The highest BCUT2D eigenvalue weighted by molar-refractivity contribution is 7.09. The van der Waals surface area contributed by atoms with E-state index in [1.807, 2.05) is 39.6 Å². The number of likely N-dealkylation sites (tertiary alicyclic amines) is 1. The second-order valence-electron chi connectivity index (χ2n) is 17.7. The summed E-state index contributed by atoms with van der Waals surface area (Å²) in [5.74, 6) is -4.19. The summed E-state index contributed by atoms with van der Waals surface area (Å²) < 4.78 is 6.44. The number of ether oxygens (including phenoxy) is 1. The van der Waals surface area contributed by atoms with E-state index in [-0.39, 0.29) is 66.7 Å². The number of aromatic nitrogens is 1. The lowest BCUT2D eigenvalue weighted by atomic mass is 9.79. The summed E-state index contributed by atoms with van der Waals surface area (Å²) in [6.07, 6.45) is 5.31. The number of benzene rings is 1. The molecule has 1 aliphatic carbocycles. The first-order valence-corrected chi connectivity index (χ1v) is 24.2. The quantitative estimate of drug-likeness (QED) is 0.0746. The number of amides is 7. The number of aromatic hydroxyl groups is 1. The Labute approximate surface area is 392 Å². The van der Waals surface area contributed by atoms with Crippen LogP contribution in [0.2, 0.25) is 0 Å². The molecule has 1 aliphatic heterocycles. The second-order valence-corrected chi connectivity index (χ2v) is 18.6. The Morgan fingerprint density at radius 2 is 1.70 bits per heavy atom. The van der Waals surface area contributed by atoms with E-state index in [0.29, 0.717) is 49.4 Å². The average Bonchev–Trinajstić information content (AvgIpc) is 3.80. The molecule has 9 N–H and O–H groups in total. The van der Waals surface area contributed by atoms with Crippen molar-refractivity contribution >= 4 is 52.7 Å². The number of phenolic OH excluding ortho intramolecular Hbond substituents is 1. The van der Waals surface area contributed by atoms with E-state index in [2.05, 4.69) is 50.9 Å². The highest BCUT2D eigenvalue weighted by atomic mass is 32.1.